The fraction of sp³-hybridized carbons (Fsp3) is 0. The zero-order valence-corrected chi connectivity index (χ0v) is 16.4. The fourth-order valence-electron chi connectivity index (χ4n) is 2.61. The van der Waals surface area contributed by atoms with E-state index in [2.05, 4.69) is 36.4 Å². The molecule has 0 aliphatic rings. The third kappa shape index (κ3) is 4.15. The van der Waals surface area contributed by atoms with E-state index in [1.807, 2.05) is 72.8 Å². The van der Waals surface area contributed by atoms with E-state index in [-0.39, 0.29) is 0 Å². The second-order valence-corrected chi connectivity index (χ2v) is 7.19. The normalized spacial score (nSPS) is 11.2. The van der Waals surface area contributed by atoms with Gasteiger partial charge < -0.3 is 0 Å². The molecule has 0 bridgehead atoms. The molecular formula is C21H14BrClN4. The van der Waals surface area contributed by atoms with Gasteiger partial charge in [0.15, 0.2) is 11.6 Å². The zero-order chi connectivity index (χ0) is 18.6. The minimum atomic E-state index is 0.617. The van der Waals surface area contributed by atoms with Gasteiger partial charge in [0, 0.05) is 20.4 Å². The van der Waals surface area contributed by atoms with E-state index in [1.54, 1.807) is 6.21 Å². The fourth-order valence-corrected chi connectivity index (χ4v) is 3.00. The number of nitrogens with zero attached hydrogens (tertiary/aromatic N) is 3. The lowest BCUT2D eigenvalue weighted by Gasteiger charge is -2.08. The molecule has 3 aromatic carbocycles. The van der Waals surface area contributed by atoms with E-state index in [9.17, 15) is 0 Å². The van der Waals surface area contributed by atoms with Crippen molar-refractivity contribution in [2.24, 2.45) is 5.10 Å². The smallest absolute Gasteiger partial charge is 0.162 e. The quantitative estimate of drug-likeness (QED) is 0.307. The van der Waals surface area contributed by atoms with Crippen molar-refractivity contribution in [1.29, 1.82) is 0 Å². The molecule has 4 aromatic rings. The maximum absolute atomic E-state index is 5.99. The highest BCUT2D eigenvalue weighted by Gasteiger charge is 2.08. The molecule has 0 spiro atoms. The highest BCUT2D eigenvalue weighted by molar-refractivity contribution is 9.10. The van der Waals surface area contributed by atoms with Crippen molar-refractivity contribution < 1.29 is 0 Å². The summed E-state index contributed by atoms with van der Waals surface area (Å²) in [6.07, 6.45) is 1.76. The minimum absolute atomic E-state index is 0.617. The number of halogens is 2. The van der Waals surface area contributed by atoms with E-state index in [0.29, 0.717) is 16.7 Å². The van der Waals surface area contributed by atoms with Gasteiger partial charge in [0.25, 0.3) is 0 Å². The van der Waals surface area contributed by atoms with Crippen LogP contribution in [0.2, 0.25) is 5.02 Å². The molecule has 4 rings (SSSR count). The summed E-state index contributed by atoms with van der Waals surface area (Å²) in [6, 6.07) is 23.2. The average Bonchev–Trinajstić information content (AvgIpc) is 2.70. The van der Waals surface area contributed by atoms with E-state index in [1.165, 1.54) is 0 Å². The molecule has 1 N–H and O–H groups in total. The van der Waals surface area contributed by atoms with Crippen LogP contribution >= 0.6 is 27.5 Å². The molecular weight excluding hydrogens is 424 g/mol. The van der Waals surface area contributed by atoms with Crippen LogP contribution in [0.15, 0.2) is 82.4 Å². The first kappa shape index (κ1) is 17.6. The van der Waals surface area contributed by atoms with Crippen LogP contribution in [0.1, 0.15) is 5.56 Å². The molecule has 0 radical (unpaired) electrons. The van der Waals surface area contributed by atoms with Gasteiger partial charge in [-0.05, 0) is 54.1 Å². The van der Waals surface area contributed by atoms with Gasteiger partial charge >= 0.3 is 0 Å². The van der Waals surface area contributed by atoms with E-state index in [4.69, 9.17) is 11.6 Å². The number of anilines is 1. The molecule has 4 nitrogen and oxygen atoms in total. The van der Waals surface area contributed by atoms with Crippen LogP contribution in [-0.4, -0.2) is 16.2 Å². The van der Waals surface area contributed by atoms with Crippen LogP contribution in [0.4, 0.5) is 5.82 Å². The minimum Gasteiger partial charge on any atom is -0.261 e. The Morgan fingerprint density at radius 2 is 1.63 bits per heavy atom. The first-order chi connectivity index (χ1) is 13.2. The topological polar surface area (TPSA) is 50.2 Å². The van der Waals surface area contributed by atoms with Gasteiger partial charge in [-0.1, -0.05) is 51.8 Å². The molecule has 0 fully saturated rings. The van der Waals surface area contributed by atoms with E-state index in [0.717, 1.165) is 26.5 Å². The van der Waals surface area contributed by atoms with Crippen LogP contribution in [0.5, 0.6) is 0 Å². The molecule has 0 aliphatic carbocycles. The van der Waals surface area contributed by atoms with Crippen molar-refractivity contribution in [1.82, 2.24) is 9.97 Å². The van der Waals surface area contributed by atoms with E-state index >= 15 is 0 Å². The van der Waals surface area contributed by atoms with Gasteiger partial charge in [-0.3, -0.25) is 5.43 Å². The maximum Gasteiger partial charge on any atom is 0.162 e. The number of rotatable bonds is 4. The molecule has 27 heavy (non-hydrogen) atoms. The number of nitrogens with one attached hydrogen (secondary N) is 1. The van der Waals surface area contributed by atoms with Gasteiger partial charge in [-0.15, -0.1) is 0 Å². The molecule has 6 heteroatoms. The summed E-state index contributed by atoms with van der Waals surface area (Å²) in [4.78, 5) is 9.32. The Balaban J connectivity index is 1.70. The number of hydrogen-bond donors (Lipinski definition) is 1. The third-order valence-electron chi connectivity index (χ3n) is 3.96. The van der Waals surface area contributed by atoms with Gasteiger partial charge in [-0.25, -0.2) is 9.97 Å². The first-order valence-corrected chi connectivity index (χ1v) is 9.43. The molecule has 132 valence electrons. The second kappa shape index (κ2) is 7.86. The van der Waals surface area contributed by atoms with Gasteiger partial charge in [0.2, 0.25) is 0 Å². The Hall–Kier alpha value is -2.76. The van der Waals surface area contributed by atoms with Crippen molar-refractivity contribution >= 4 is 50.5 Å². The van der Waals surface area contributed by atoms with Crippen molar-refractivity contribution in [3.05, 3.63) is 87.9 Å². The predicted octanol–water partition coefficient (Wildman–Crippen LogP) is 6.16. The summed E-state index contributed by atoms with van der Waals surface area (Å²) in [5.41, 5.74) is 5.78. The van der Waals surface area contributed by atoms with Gasteiger partial charge in [0.05, 0.1) is 11.7 Å². The van der Waals surface area contributed by atoms with Crippen molar-refractivity contribution in [2.75, 3.05) is 5.43 Å². The van der Waals surface area contributed by atoms with Crippen molar-refractivity contribution in [3.8, 4) is 11.4 Å². The summed E-state index contributed by atoms with van der Waals surface area (Å²) in [6.45, 7) is 0. The van der Waals surface area contributed by atoms with Crippen LogP contribution in [0.3, 0.4) is 0 Å². The molecule has 1 aromatic heterocycles. The average molecular weight is 438 g/mol. The summed E-state index contributed by atoms with van der Waals surface area (Å²) in [5, 5.41) is 5.92. The number of hydrogen-bond acceptors (Lipinski definition) is 4. The third-order valence-corrected chi connectivity index (χ3v) is 4.74. The SMILES string of the molecule is Clc1ccc(-c2nc(N/N=C/c3ccc(Br)cc3)c3ccccc3n2)cc1. The Morgan fingerprint density at radius 3 is 2.41 bits per heavy atom. The predicted molar refractivity (Wildman–Crippen MR) is 115 cm³/mol. The lowest BCUT2D eigenvalue weighted by atomic mass is 10.2. The van der Waals surface area contributed by atoms with Gasteiger partial charge in [0.1, 0.15) is 0 Å². The van der Waals surface area contributed by atoms with Crippen LogP contribution in [0, 0.1) is 0 Å². The zero-order valence-electron chi connectivity index (χ0n) is 14.1. The Morgan fingerprint density at radius 1 is 0.889 bits per heavy atom. The van der Waals surface area contributed by atoms with Crippen LogP contribution < -0.4 is 5.43 Å². The number of aromatic nitrogens is 2. The highest BCUT2D eigenvalue weighted by Crippen LogP contribution is 2.25. The molecule has 0 unspecified atom stereocenters. The Bertz CT molecular complexity index is 1110. The lowest BCUT2D eigenvalue weighted by molar-refractivity contribution is 1.19. The van der Waals surface area contributed by atoms with E-state index < -0.39 is 0 Å². The Labute approximate surface area is 170 Å². The number of benzene rings is 3. The van der Waals surface area contributed by atoms with Crippen molar-refractivity contribution in [3.63, 3.8) is 0 Å². The summed E-state index contributed by atoms with van der Waals surface area (Å²) in [7, 11) is 0. The lowest BCUT2D eigenvalue weighted by Crippen LogP contribution is -1.99. The molecule has 0 aliphatic heterocycles. The van der Waals surface area contributed by atoms with Crippen molar-refractivity contribution in [2.45, 2.75) is 0 Å². The van der Waals surface area contributed by atoms with Crippen LogP contribution in [0.25, 0.3) is 22.3 Å². The highest BCUT2D eigenvalue weighted by atomic mass is 79.9. The largest absolute Gasteiger partial charge is 0.261 e. The summed E-state index contributed by atoms with van der Waals surface area (Å²) in [5.74, 6) is 1.27. The summed E-state index contributed by atoms with van der Waals surface area (Å²) >= 11 is 9.41. The van der Waals surface area contributed by atoms with Crippen LogP contribution in [-0.2, 0) is 0 Å². The molecule has 0 amide bonds. The Kier molecular flexibility index (Phi) is 5.14. The first-order valence-electron chi connectivity index (χ1n) is 8.26. The number of hydrazone groups is 1. The number of para-hydroxylation sites is 1. The summed E-state index contributed by atoms with van der Waals surface area (Å²) < 4.78 is 1.03. The van der Waals surface area contributed by atoms with Gasteiger partial charge in [-0.2, -0.15) is 5.10 Å². The molecule has 0 atom stereocenters. The maximum atomic E-state index is 5.99. The standard InChI is InChI=1S/C21H14BrClN4/c22-16-9-5-14(6-10-16)13-24-27-21-18-3-1-2-4-19(18)25-20(26-21)15-7-11-17(23)12-8-15/h1-13H,(H,25,26,27)/b24-13+. The molecule has 0 saturated carbocycles. The number of fused-ring (bicyclic) bond motifs is 1. The monoisotopic (exact) mass is 436 g/mol. The molecule has 0 saturated heterocycles. The second-order valence-electron chi connectivity index (χ2n) is 5.84. The molecule has 1 heterocycles.